The molecule has 4 N–H and O–H groups in total. The smallest absolute Gasteiger partial charge is 0.249 e. The number of hydrogen-bond acceptors (Lipinski definition) is 2. The Labute approximate surface area is 196 Å². The predicted octanol–water partition coefficient (Wildman–Crippen LogP) is 7.25. The summed E-state index contributed by atoms with van der Waals surface area (Å²) >= 11 is 0. The monoisotopic (exact) mass is 444 g/mol. The van der Waals surface area contributed by atoms with Gasteiger partial charge in [-0.05, 0) is 42.9 Å². The van der Waals surface area contributed by atoms with Gasteiger partial charge in [0.1, 0.15) is 0 Å². The highest BCUT2D eigenvalue weighted by atomic mass is 16.1. The summed E-state index contributed by atoms with van der Waals surface area (Å²) in [5.74, 6) is -0.905. The third-order valence-corrected chi connectivity index (χ3v) is 6.49. The number of hydrogen-bond donors (Lipinski definition) is 2. The SMILES string of the molecule is CCCCCCCCCCc1ccc(C(N)=O)c(CCCCCCCCCC)c1C(N)=O. The number of rotatable bonds is 20. The highest BCUT2D eigenvalue weighted by molar-refractivity contribution is 6.02. The Morgan fingerprint density at radius 3 is 1.47 bits per heavy atom. The molecule has 0 heterocycles. The Kier molecular flexibility index (Phi) is 15.6. The number of amides is 2. The molecule has 0 aliphatic rings. The van der Waals surface area contributed by atoms with E-state index in [0.29, 0.717) is 17.5 Å². The van der Waals surface area contributed by atoms with Crippen LogP contribution in [0.2, 0.25) is 0 Å². The molecule has 1 aromatic rings. The van der Waals surface area contributed by atoms with Crippen LogP contribution in [0.1, 0.15) is 148 Å². The second kappa shape index (κ2) is 17.7. The van der Waals surface area contributed by atoms with Gasteiger partial charge in [-0.25, -0.2) is 0 Å². The maximum atomic E-state index is 12.4. The zero-order valence-electron chi connectivity index (χ0n) is 20.9. The maximum Gasteiger partial charge on any atom is 0.249 e. The Bertz CT molecular complexity index is 670. The van der Waals surface area contributed by atoms with Gasteiger partial charge in [-0.3, -0.25) is 9.59 Å². The summed E-state index contributed by atoms with van der Waals surface area (Å²) in [5, 5.41) is 0. The molecule has 2 amide bonds. The minimum absolute atomic E-state index is 0.433. The van der Waals surface area contributed by atoms with Gasteiger partial charge < -0.3 is 11.5 Å². The van der Waals surface area contributed by atoms with Crippen molar-refractivity contribution in [2.24, 2.45) is 11.5 Å². The number of carbonyl (C=O) groups excluding carboxylic acids is 2. The summed E-state index contributed by atoms with van der Waals surface area (Å²) in [6.45, 7) is 4.47. The number of aryl methyl sites for hydroxylation is 1. The first-order chi connectivity index (χ1) is 15.5. The Morgan fingerprint density at radius 1 is 0.594 bits per heavy atom. The molecule has 0 spiro atoms. The fourth-order valence-corrected chi connectivity index (χ4v) is 4.59. The lowest BCUT2D eigenvalue weighted by Crippen LogP contribution is -2.22. The lowest BCUT2D eigenvalue weighted by molar-refractivity contribution is 0.0998. The molecule has 0 aliphatic carbocycles. The summed E-state index contributed by atoms with van der Waals surface area (Å²) in [5.41, 5.74) is 14.2. The normalized spacial score (nSPS) is 11.1. The van der Waals surface area contributed by atoms with Crippen molar-refractivity contribution in [3.8, 4) is 0 Å². The van der Waals surface area contributed by atoms with Gasteiger partial charge in [-0.15, -0.1) is 0 Å². The molecule has 0 bridgehead atoms. The van der Waals surface area contributed by atoms with Gasteiger partial charge >= 0.3 is 0 Å². The van der Waals surface area contributed by atoms with Crippen molar-refractivity contribution in [3.63, 3.8) is 0 Å². The van der Waals surface area contributed by atoms with Crippen LogP contribution in [0, 0.1) is 0 Å². The zero-order chi connectivity index (χ0) is 23.6. The lowest BCUT2D eigenvalue weighted by atomic mass is 9.89. The Balaban J connectivity index is 2.65. The fourth-order valence-electron chi connectivity index (χ4n) is 4.59. The topological polar surface area (TPSA) is 86.2 Å². The van der Waals surface area contributed by atoms with Gasteiger partial charge in [0, 0.05) is 11.1 Å². The lowest BCUT2D eigenvalue weighted by Gasteiger charge is -2.16. The minimum Gasteiger partial charge on any atom is -0.366 e. The molecular formula is C28H48N2O2. The van der Waals surface area contributed by atoms with Gasteiger partial charge in [-0.1, -0.05) is 110 Å². The van der Waals surface area contributed by atoms with Gasteiger partial charge in [0.2, 0.25) is 11.8 Å². The molecule has 1 aromatic carbocycles. The number of benzene rings is 1. The average molecular weight is 445 g/mol. The van der Waals surface area contributed by atoms with Crippen LogP contribution in [0.3, 0.4) is 0 Å². The quantitative estimate of drug-likeness (QED) is 0.207. The van der Waals surface area contributed by atoms with Crippen LogP contribution < -0.4 is 11.5 Å². The summed E-state index contributed by atoms with van der Waals surface area (Å²) in [4.78, 5) is 24.4. The van der Waals surface area contributed by atoms with Gasteiger partial charge in [0.25, 0.3) is 0 Å². The number of nitrogens with two attached hydrogens (primary N) is 2. The van der Waals surface area contributed by atoms with Crippen LogP contribution in [0.4, 0.5) is 0 Å². The number of carbonyl (C=O) groups is 2. The van der Waals surface area contributed by atoms with Gasteiger partial charge in [-0.2, -0.15) is 0 Å². The summed E-state index contributed by atoms with van der Waals surface area (Å²) in [6.07, 6.45) is 21.2. The molecule has 4 heteroatoms. The van der Waals surface area contributed by atoms with Crippen molar-refractivity contribution in [1.82, 2.24) is 0 Å². The van der Waals surface area contributed by atoms with E-state index in [0.717, 1.165) is 43.2 Å². The Morgan fingerprint density at radius 2 is 1.03 bits per heavy atom. The number of primary amides is 2. The largest absolute Gasteiger partial charge is 0.366 e. The van der Waals surface area contributed by atoms with Crippen LogP contribution in [0.5, 0.6) is 0 Å². The van der Waals surface area contributed by atoms with E-state index in [4.69, 9.17) is 11.5 Å². The standard InChI is InChI=1S/C28H48N2O2/c1-3-5-7-9-11-13-15-17-19-23-21-22-25(27(29)31)24(26(23)28(30)32)20-18-16-14-12-10-8-6-4-2/h21-22H,3-20H2,1-2H3,(H2,29,31)(H2,30,32). The first-order valence-corrected chi connectivity index (χ1v) is 13.3. The Hall–Kier alpha value is -1.84. The van der Waals surface area contributed by atoms with Crippen LogP contribution >= 0.6 is 0 Å². The predicted molar refractivity (Wildman–Crippen MR) is 136 cm³/mol. The molecule has 0 aromatic heterocycles. The van der Waals surface area contributed by atoms with Crippen molar-refractivity contribution in [1.29, 1.82) is 0 Å². The van der Waals surface area contributed by atoms with Crippen molar-refractivity contribution < 1.29 is 9.59 Å². The van der Waals surface area contributed by atoms with Crippen LogP contribution in [-0.2, 0) is 12.8 Å². The van der Waals surface area contributed by atoms with E-state index in [-0.39, 0.29) is 0 Å². The second-order valence-electron chi connectivity index (χ2n) is 9.30. The van der Waals surface area contributed by atoms with E-state index in [9.17, 15) is 9.59 Å². The summed E-state index contributed by atoms with van der Waals surface area (Å²) in [6, 6.07) is 3.69. The zero-order valence-corrected chi connectivity index (χ0v) is 20.9. The van der Waals surface area contributed by atoms with Gasteiger partial charge in [0.05, 0.1) is 0 Å². The highest BCUT2D eigenvalue weighted by Crippen LogP contribution is 2.24. The van der Waals surface area contributed by atoms with Crippen molar-refractivity contribution in [2.75, 3.05) is 0 Å². The molecule has 0 fully saturated rings. The summed E-state index contributed by atoms with van der Waals surface area (Å²) < 4.78 is 0. The third kappa shape index (κ3) is 11.2. The molecule has 1 rings (SSSR count). The molecule has 0 saturated carbocycles. The van der Waals surface area contributed by atoms with E-state index < -0.39 is 11.8 Å². The highest BCUT2D eigenvalue weighted by Gasteiger charge is 2.19. The van der Waals surface area contributed by atoms with Crippen LogP contribution in [-0.4, -0.2) is 11.8 Å². The van der Waals surface area contributed by atoms with E-state index in [2.05, 4.69) is 13.8 Å². The molecule has 32 heavy (non-hydrogen) atoms. The molecule has 4 nitrogen and oxygen atoms in total. The van der Waals surface area contributed by atoms with E-state index in [1.807, 2.05) is 6.07 Å². The van der Waals surface area contributed by atoms with Crippen molar-refractivity contribution in [3.05, 3.63) is 34.4 Å². The molecule has 0 saturated heterocycles. The minimum atomic E-state index is -0.472. The molecule has 0 radical (unpaired) electrons. The third-order valence-electron chi connectivity index (χ3n) is 6.49. The van der Waals surface area contributed by atoms with Crippen LogP contribution in [0.15, 0.2) is 12.1 Å². The average Bonchev–Trinajstić information content (AvgIpc) is 2.76. The maximum absolute atomic E-state index is 12.4. The number of unbranched alkanes of at least 4 members (excludes halogenated alkanes) is 14. The first kappa shape index (κ1) is 28.2. The van der Waals surface area contributed by atoms with E-state index >= 15 is 0 Å². The molecule has 0 aliphatic heterocycles. The van der Waals surface area contributed by atoms with Crippen molar-refractivity contribution >= 4 is 11.8 Å². The van der Waals surface area contributed by atoms with Crippen LogP contribution in [0.25, 0.3) is 0 Å². The molecular weight excluding hydrogens is 396 g/mol. The van der Waals surface area contributed by atoms with Crippen molar-refractivity contribution in [2.45, 2.75) is 129 Å². The molecule has 0 atom stereocenters. The summed E-state index contributed by atoms with van der Waals surface area (Å²) in [7, 11) is 0. The molecule has 0 unspecified atom stereocenters. The van der Waals surface area contributed by atoms with E-state index in [1.54, 1.807) is 6.07 Å². The van der Waals surface area contributed by atoms with Gasteiger partial charge in [0.15, 0.2) is 0 Å². The second-order valence-corrected chi connectivity index (χ2v) is 9.30. The molecule has 182 valence electrons. The first-order valence-electron chi connectivity index (χ1n) is 13.3. The fraction of sp³-hybridized carbons (Fsp3) is 0.714. The van der Waals surface area contributed by atoms with E-state index in [1.165, 1.54) is 77.0 Å².